The van der Waals surface area contributed by atoms with Crippen LogP contribution in [0, 0.1) is 5.92 Å². The predicted octanol–water partition coefficient (Wildman–Crippen LogP) is 4.80. The van der Waals surface area contributed by atoms with Crippen molar-refractivity contribution in [3.63, 3.8) is 0 Å². The van der Waals surface area contributed by atoms with Crippen LogP contribution in [0.25, 0.3) is 11.0 Å². The molecule has 4 rings (SSSR count). The van der Waals surface area contributed by atoms with Gasteiger partial charge in [-0.3, -0.25) is 9.59 Å². The molecule has 1 aliphatic carbocycles. The monoisotopic (exact) mass is 398 g/mol. The number of hydrogen-bond acceptors (Lipinski definition) is 3. The molecule has 1 saturated carbocycles. The summed E-state index contributed by atoms with van der Waals surface area (Å²) >= 11 is 3.41. The summed E-state index contributed by atoms with van der Waals surface area (Å²) in [6.07, 6.45) is 1.93. The Kier molecular flexibility index (Phi) is 4.05. The van der Waals surface area contributed by atoms with Crippen LogP contribution < -0.4 is 10.6 Å². The van der Waals surface area contributed by atoms with Gasteiger partial charge in [0.25, 0.3) is 5.91 Å². The van der Waals surface area contributed by atoms with E-state index < -0.39 is 0 Å². The highest BCUT2D eigenvalue weighted by Crippen LogP contribution is 2.30. The lowest BCUT2D eigenvalue weighted by atomic mass is 10.2. The molecule has 5 nitrogen and oxygen atoms in total. The number of halogens is 1. The molecule has 126 valence electrons. The van der Waals surface area contributed by atoms with Gasteiger partial charge in [0.05, 0.1) is 4.47 Å². The molecule has 0 unspecified atom stereocenters. The number of nitrogens with one attached hydrogen (secondary N) is 2. The summed E-state index contributed by atoms with van der Waals surface area (Å²) in [6.45, 7) is 0. The van der Waals surface area contributed by atoms with E-state index in [1.54, 1.807) is 30.3 Å². The standard InChI is InChI=1S/C19H15BrN2O3/c20-15-3-1-2-12-10-16(25-17(12)15)19(24)22-14-8-6-13(7-9-14)21-18(23)11-4-5-11/h1-3,6-11H,4-5H2,(H,21,23)(H,22,24). The summed E-state index contributed by atoms with van der Waals surface area (Å²) in [4.78, 5) is 24.1. The normalized spacial score (nSPS) is 13.6. The van der Waals surface area contributed by atoms with E-state index in [0.717, 1.165) is 28.4 Å². The van der Waals surface area contributed by atoms with E-state index in [2.05, 4.69) is 26.6 Å². The Morgan fingerprint density at radius 1 is 1.00 bits per heavy atom. The van der Waals surface area contributed by atoms with Gasteiger partial charge in [0.2, 0.25) is 5.91 Å². The fourth-order valence-electron chi connectivity index (χ4n) is 2.56. The van der Waals surface area contributed by atoms with Gasteiger partial charge in [0, 0.05) is 22.7 Å². The van der Waals surface area contributed by atoms with E-state index in [1.807, 2.05) is 18.2 Å². The van der Waals surface area contributed by atoms with Crippen LogP contribution in [0.1, 0.15) is 23.4 Å². The minimum absolute atomic E-state index is 0.0599. The van der Waals surface area contributed by atoms with Crippen LogP contribution in [0.2, 0.25) is 0 Å². The number of carbonyl (C=O) groups excluding carboxylic acids is 2. The van der Waals surface area contributed by atoms with Crippen LogP contribution in [0.4, 0.5) is 11.4 Å². The van der Waals surface area contributed by atoms with Gasteiger partial charge in [-0.1, -0.05) is 12.1 Å². The minimum Gasteiger partial charge on any atom is -0.450 e. The first-order valence-electron chi connectivity index (χ1n) is 8.00. The molecule has 0 saturated heterocycles. The Morgan fingerprint density at radius 3 is 2.32 bits per heavy atom. The van der Waals surface area contributed by atoms with Crippen molar-refractivity contribution in [2.45, 2.75) is 12.8 Å². The van der Waals surface area contributed by atoms with Crippen molar-refractivity contribution >= 4 is 50.1 Å². The first kappa shape index (κ1) is 15.9. The van der Waals surface area contributed by atoms with Crippen LogP contribution >= 0.6 is 15.9 Å². The van der Waals surface area contributed by atoms with Crippen molar-refractivity contribution in [1.29, 1.82) is 0 Å². The zero-order chi connectivity index (χ0) is 17.4. The lowest BCUT2D eigenvalue weighted by Gasteiger charge is -2.06. The second-order valence-corrected chi connectivity index (χ2v) is 6.92. The molecule has 1 aliphatic rings. The van der Waals surface area contributed by atoms with Crippen LogP contribution in [-0.4, -0.2) is 11.8 Å². The van der Waals surface area contributed by atoms with Crippen molar-refractivity contribution in [1.82, 2.24) is 0 Å². The lowest BCUT2D eigenvalue weighted by molar-refractivity contribution is -0.117. The summed E-state index contributed by atoms with van der Waals surface area (Å²) < 4.78 is 6.43. The predicted molar refractivity (Wildman–Crippen MR) is 99.7 cm³/mol. The first-order valence-corrected chi connectivity index (χ1v) is 8.80. The smallest absolute Gasteiger partial charge is 0.291 e. The molecule has 1 aromatic heterocycles. The zero-order valence-corrected chi connectivity index (χ0v) is 14.8. The van der Waals surface area contributed by atoms with Gasteiger partial charge in [0.1, 0.15) is 5.58 Å². The second kappa shape index (κ2) is 6.37. The van der Waals surface area contributed by atoms with Crippen molar-refractivity contribution in [2.75, 3.05) is 10.6 Å². The Balaban J connectivity index is 1.46. The molecule has 2 amide bonds. The van der Waals surface area contributed by atoms with E-state index in [-0.39, 0.29) is 23.5 Å². The fourth-order valence-corrected chi connectivity index (χ4v) is 3.02. The lowest BCUT2D eigenvalue weighted by Crippen LogP contribution is -2.13. The molecule has 6 heteroatoms. The van der Waals surface area contributed by atoms with Gasteiger partial charge in [-0.15, -0.1) is 0 Å². The topological polar surface area (TPSA) is 71.3 Å². The van der Waals surface area contributed by atoms with Crippen molar-refractivity contribution < 1.29 is 14.0 Å². The maximum absolute atomic E-state index is 12.4. The fraction of sp³-hybridized carbons (Fsp3) is 0.158. The molecule has 3 aromatic rings. The Bertz CT molecular complexity index is 958. The van der Waals surface area contributed by atoms with Crippen molar-refractivity contribution in [3.05, 3.63) is 58.8 Å². The molecule has 1 fully saturated rings. The molecule has 1 heterocycles. The number of para-hydroxylation sites is 1. The Hall–Kier alpha value is -2.60. The first-order chi connectivity index (χ1) is 12.1. The number of fused-ring (bicyclic) bond motifs is 1. The summed E-state index contributed by atoms with van der Waals surface area (Å²) in [5, 5.41) is 6.52. The van der Waals surface area contributed by atoms with Crippen LogP contribution in [0.3, 0.4) is 0 Å². The third-order valence-corrected chi connectivity index (χ3v) is 4.70. The molecular formula is C19H15BrN2O3. The van der Waals surface area contributed by atoms with E-state index in [0.29, 0.717) is 11.3 Å². The maximum Gasteiger partial charge on any atom is 0.291 e. The minimum atomic E-state index is -0.321. The number of amides is 2. The van der Waals surface area contributed by atoms with E-state index in [4.69, 9.17) is 4.42 Å². The van der Waals surface area contributed by atoms with Gasteiger partial charge in [-0.25, -0.2) is 0 Å². The zero-order valence-electron chi connectivity index (χ0n) is 13.2. The van der Waals surface area contributed by atoms with Crippen LogP contribution in [0.5, 0.6) is 0 Å². The van der Waals surface area contributed by atoms with Crippen LogP contribution in [0.15, 0.2) is 57.4 Å². The second-order valence-electron chi connectivity index (χ2n) is 6.06. The van der Waals surface area contributed by atoms with Gasteiger partial charge in [-0.2, -0.15) is 0 Å². The molecule has 0 aliphatic heterocycles. The highest BCUT2D eigenvalue weighted by atomic mass is 79.9. The van der Waals surface area contributed by atoms with Crippen LogP contribution in [-0.2, 0) is 4.79 Å². The molecular weight excluding hydrogens is 384 g/mol. The summed E-state index contributed by atoms with van der Waals surface area (Å²) in [6, 6.07) is 14.4. The summed E-state index contributed by atoms with van der Waals surface area (Å²) in [5.74, 6) is 0.141. The van der Waals surface area contributed by atoms with E-state index in [1.165, 1.54) is 0 Å². The largest absolute Gasteiger partial charge is 0.450 e. The number of hydrogen-bond donors (Lipinski definition) is 2. The number of carbonyl (C=O) groups is 2. The van der Waals surface area contributed by atoms with Crippen molar-refractivity contribution in [3.8, 4) is 0 Å². The number of furan rings is 1. The molecule has 0 radical (unpaired) electrons. The van der Waals surface area contributed by atoms with E-state index in [9.17, 15) is 9.59 Å². The number of anilines is 2. The summed E-state index contributed by atoms with van der Waals surface area (Å²) in [5.41, 5.74) is 2.00. The molecule has 0 bridgehead atoms. The third-order valence-electron chi connectivity index (χ3n) is 4.08. The number of rotatable bonds is 4. The Labute approximate surface area is 152 Å². The highest BCUT2D eigenvalue weighted by molar-refractivity contribution is 9.10. The number of benzene rings is 2. The molecule has 0 spiro atoms. The Morgan fingerprint density at radius 2 is 1.68 bits per heavy atom. The van der Waals surface area contributed by atoms with Gasteiger partial charge in [0.15, 0.2) is 5.76 Å². The third kappa shape index (κ3) is 3.44. The van der Waals surface area contributed by atoms with Crippen molar-refractivity contribution in [2.24, 2.45) is 5.92 Å². The molecule has 25 heavy (non-hydrogen) atoms. The quantitative estimate of drug-likeness (QED) is 0.662. The van der Waals surface area contributed by atoms with E-state index >= 15 is 0 Å². The SMILES string of the molecule is O=C(Nc1ccc(NC(=O)C2CC2)cc1)c1cc2cccc(Br)c2o1. The van der Waals surface area contributed by atoms with Gasteiger partial charge >= 0.3 is 0 Å². The maximum atomic E-state index is 12.4. The average Bonchev–Trinajstić information content (AvgIpc) is 3.36. The van der Waals surface area contributed by atoms with Gasteiger partial charge in [-0.05, 0) is 65.2 Å². The highest BCUT2D eigenvalue weighted by Gasteiger charge is 2.29. The van der Waals surface area contributed by atoms with Gasteiger partial charge < -0.3 is 15.1 Å². The summed E-state index contributed by atoms with van der Waals surface area (Å²) in [7, 11) is 0. The molecule has 2 aromatic carbocycles. The average molecular weight is 399 g/mol. The molecule has 2 N–H and O–H groups in total. The molecule has 0 atom stereocenters.